The lowest BCUT2D eigenvalue weighted by Gasteiger charge is -2.24. The molecule has 2 aromatic carbocycles. The third-order valence-electron chi connectivity index (χ3n) is 3.30. The zero-order chi connectivity index (χ0) is 15.4. The number of methoxy groups -OCH3 is 2. The molecule has 0 saturated heterocycles. The number of benzene rings is 2. The summed E-state index contributed by atoms with van der Waals surface area (Å²) in [5.74, 6) is 0.269. The molecule has 0 aliphatic carbocycles. The van der Waals surface area contributed by atoms with Crippen LogP contribution in [-0.2, 0) is 4.74 Å². The molecule has 21 heavy (non-hydrogen) atoms. The molecule has 2 aromatic rings. The van der Waals surface area contributed by atoms with Gasteiger partial charge < -0.3 is 20.1 Å². The summed E-state index contributed by atoms with van der Waals surface area (Å²) in [6.07, 6.45) is 0. The van der Waals surface area contributed by atoms with Crippen molar-refractivity contribution in [1.29, 1.82) is 0 Å². The van der Waals surface area contributed by atoms with Crippen LogP contribution in [0, 0.1) is 0 Å². The van der Waals surface area contributed by atoms with Gasteiger partial charge >= 0.3 is 5.97 Å². The SMILES string of the molecule is COC(=O)c1cccc(N(C)c2ccccc2OC)c1N. The van der Waals surface area contributed by atoms with Gasteiger partial charge in [0.25, 0.3) is 0 Å². The van der Waals surface area contributed by atoms with Crippen LogP contribution >= 0.6 is 0 Å². The van der Waals surface area contributed by atoms with Crippen LogP contribution < -0.4 is 15.4 Å². The Labute approximate surface area is 123 Å². The van der Waals surface area contributed by atoms with Crippen LogP contribution in [0.25, 0.3) is 0 Å². The summed E-state index contributed by atoms with van der Waals surface area (Å²) < 4.78 is 10.1. The molecule has 0 saturated carbocycles. The molecule has 2 N–H and O–H groups in total. The molecule has 0 bridgehead atoms. The summed E-state index contributed by atoms with van der Waals surface area (Å²) in [4.78, 5) is 13.6. The van der Waals surface area contributed by atoms with Crippen LogP contribution in [0.3, 0.4) is 0 Å². The molecule has 0 aromatic heterocycles. The predicted octanol–water partition coefficient (Wildman–Crippen LogP) is 2.83. The number of nitrogens with two attached hydrogens (primary N) is 1. The highest BCUT2D eigenvalue weighted by Crippen LogP contribution is 2.36. The van der Waals surface area contributed by atoms with Crippen molar-refractivity contribution in [3.8, 4) is 5.75 Å². The number of esters is 1. The average Bonchev–Trinajstić information content (AvgIpc) is 2.53. The first-order chi connectivity index (χ1) is 10.1. The van der Waals surface area contributed by atoms with Crippen molar-refractivity contribution in [2.75, 3.05) is 31.9 Å². The second-order valence-electron chi connectivity index (χ2n) is 4.46. The normalized spacial score (nSPS) is 10.0. The fourth-order valence-electron chi connectivity index (χ4n) is 2.17. The van der Waals surface area contributed by atoms with Crippen molar-refractivity contribution >= 4 is 23.0 Å². The van der Waals surface area contributed by atoms with Gasteiger partial charge in [0, 0.05) is 7.05 Å². The number of hydrogen-bond donors (Lipinski definition) is 1. The van der Waals surface area contributed by atoms with Crippen molar-refractivity contribution in [2.45, 2.75) is 0 Å². The van der Waals surface area contributed by atoms with E-state index in [1.807, 2.05) is 42.3 Å². The van der Waals surface area contributed by atoms with Crippen LogP contribution in [0.2, 0.25) is 0 Å². The van der Waals surface area contributed by atoms with E-state index in [0.29, 0.717) is 16.9 Å². The summed E-state index contributed by atoms with van der Waals surface area (Å²) in [6, 6.07) is 12.8. The molecule has 0 atom stereocenters. The van der Waals surface area contributed by atoms with E-state index in [9.17, 15) is 4.79 Å². The Morgan fingerprint density at radius 1 is 1.05 bits per heavy atom. The van der Waals surface area contributed by atoms with E-state index in [1.165, 1.54) is 7.11 Å². The minimum atomic E-state index is -0.456. The molecular formula is C16H18N2O3. The minimum Gasteiger partial charge on any atom is -0.495 e. The Morgan fingerprint density at radius 2 is 1.71 bits per heavy atom. The van der Waals surface area contributed by atoms with Crippen molar-refractivity contribution < 1.29 is 14.3 Å². The van der Waals surface area contributed by atoms with Crippen LogP contribution in [0.4, 0.5) is 17.1 Å². The number of carbonyl (C=O) groups excluding carboxylic acids is 1. The van der Waals surface area contributed by atoms with Crippen molar-refractivity contribution in [2.24, 2.45) is 0 Å². The van der Waals surface area contributed by atoms with E-state index in [1.54, 1.807) is 19.2 Å². The monoisotopic (exact) mass is 286 g/mol. The predicted molar refractivity (Wildman–Crippen MR) is 83.3 cm³/mol. The number of carbonyl (C=O) groups is 1. The maximum absolute atomic E-state index is 11.7. The number of nitrogen functional groups attached to an aromatic ring is 1. The second-order valence-corrected chi connectivity index (χ2v) is 4.46. The summed E-state index contributed by atoms with van der Waals surface area (Å²) in [5, 5.41) is 0. The maximum atomic E-state index is 11.7. The number of rotatable bonds is 4. The summed E-state index contributed by atoms with van der Waals surface area (Å²) in [6.45, 7) is 0. The van der Waals surface area contributed by atoms with Crippen molar-refractivity contribution in [1.82, 2.24) is 0 Å². The molecule has 0 heterocycles. The fourth-order valence-corrected chi connectivity index (χ4v) is 2.17. The lowest BCUT2D eigenvalue weighted by atomic mass is 10.1. The Bertz CT molecular complexity index is 656. The van der Waals surface area contributed by atoms with Gasteiger partial charge in [-0.15, -0.1) is 0 Å². The molecule has 0 unspecified atom stereocenters. The maximum Gasteiger partial charge on any atom is 0.340 e. The van der Waals surface area contributed by atoms with E-state index in [2.05, 4.69) is 0 Å². The fraction of sp³-hybridized carbons (Fsp3) is 0.188. The van der Waals surface area contributed by atoms with Crippen LogP contribution in [0.15, 0.2) is 42.5 Å². The highest BCUT2D eigenvalue weighted by atomic mass is 16.5. The molecule has 0 amide bonds. The van der Waals surface area contributed by atoms with Crippen LogP contribution in [0.1, 0.15) is 10.4 Å². The van der Waals surface area contributed by atoms with Gasteiger partial charge in [-0.1, -0.05) is 18.2 Å². The third-order valence-corrected chi connectivity index (χ3v) is 3.30. The number of hydrogen-bond acceptors (Lipinski definition) is 5. The third kappa shape index (κ3) is 2.76. The lowest BCUT2D eigenvalue weighted by Crippen LogP contribution is -2.15. The van der Waals surface area contributed by atoms with Gasteiger partial charge in [0.2, 0.25) is 0 Å². The summed E-state index contributed by atoms with van der Waals surface area (Å²) >= 11 is 0. The first-order valence-corrected chi connectivity index (χ1v) is 6.43. The molecule has 110 valence electrons. The van der Waals surface area contributed by atoms with E-state index in [4.69, 9.17) is 15.2 Å². The molecule has 5 nitrogen and oxygen atoms in total. The Hall–Kier alpha value is -2.69. The molecule has 0 spiro atoms. The number of nitrogens with zero attached hydrogens (tertiary/aromatic N) is 1. The quantitative estimate of drug-likeness (QED) is 0.691. The molecule has 0 aliphatic rings. The molecular weight excluding hydrogens is 268 g/mol. The standard InChI is InChI=1S/C16H18N2O3/c1-18(12-8-4-5-10-14(12)20-2)13-9-6-7-11(15(13)17)16(19)21-3/h4-10H,17H2,1-3H3. The van der Waals surface area contributed by atoms with Gasteiger partial charge in [0.05, 0.1) is 36.8 Å². The largest absolute Gasteiger partial charge is 0.495 e. The minimum absolute atomic E-state index is 0.344. The molecule has 5 heteroatoms. The van der Waals surface area contributed by atoms with E-state index >= 15 is 0 Å². The molecule has 0 fully saturated rings. The molecule has 2 rings (SSSR count). The molecule has 0 radical (unpaired) electrons. The van der Waals surface area contributed by atoms with E-state index in [0.717, 1.165) is 11.4 Å². The Kier molecular flexibility index (Phi) is 4.33. The van der Waals surface area contributed by atoms with Crippen LogP contribution in [0.5, 0.6) is 5.75 Å². The first kappa shape index (κ1) is 14.7. The Morgan fingerprint density at radius 3 is 2.38 bits per heavy atom. The molecule has 0 aliphatic heterocycles. The number of ether oxygens (including phenoxy) is 2. The van der Waals surface area contributed by atoms with Gasteiger partial charge in [-0.2, -0.15) is 0 Å². The van der Waals surface area contributed by atoms with E-state index in [-0.39, 0.29) is 0 Å². The van der Waals surface area contributed by atoms with E-state index < -0.39 is 5.97 Å². The number of para-hydroxylation sites is 3. The second kappa shape index (κ2) is 6.17. The average molecular weight is 286 g/mol. The summed E-state index contributed by atoms with van der Waals surface area (Å²) in [5.41, 5.74) is 8.39. The first-order valence-electron chi connectivity index (χ1n) is 6.43. The Balaban J connectivity index is 2.49. The van der Waals surface area contributed by atoms with Gasteiger partial charge in [-0.05, 0) is 24.3 Å². The summed E-state index contributed by atoms with van der Waals surface area (Å²) in [7, 11) is 4.81. The van der Waals surface area contributed by atoms with Gasteiger partial charge in [-0.25, -0.2) is 4.79 Å². The van der Waals surface area contributed by atoms with Gasteiger partial charge in [0.15, 0.2) is 0 Å². The van der Waals surface area contributed by atoms with Gasteiger partial charge in [0.1, 0.15) is 5.75 Å². The van der Waals surface area contributed by atoms with Crippen molar-refractivity contribution in [3.05, 3.63) is 48.0 Å². The van der Waals surface area contributed by atoms with Gasteiger partial charge in [-0.3, -0.25) is 0 Å². The lowest BCUT2D eigenvalue weighted by molar-refractivity contribution is 0.0602. The zero-order valence-corrected chi connectivity index (χ0v) is 12.3. The van der Waals surface area contributed by atoms with Crippen molar-refractivity contribution in [3.63, 3.8) is 0 Å². The number of anilines is 3. The van der Waals surface area contributed by atoms with Crippen LogP contribution in [-0.4, -0.2) is 27.2 Å². The highest BCUT2D eigenvalue weighted by Gasteiger charge is 2.17. The smallest absolute Gasteiger partial charge is 0.340 e. The topological polar surface area (TPSA) is 64.8 Å². The zero-order valence-electron chi connectivity index (χ0n) is 12.3. The highest BCUT2D eigenvalue weighted by molar-refractivity contribution is 5.99.